The first-order valence-electron chi connectivity index (χ1n) is 6.71. The normalized spacial score (nSPS) is 12.2. The molecular formula is C15H19N3O2. The van der Waals surface area contributed by atoms with Crippen LogP contribution in [0.4, 0.5) is 0 Å². The van der Waals surface area contributed by atoms with Crippen molar-refractivity contribution in [1.29, 1.82) is 0 Å². The van der Waals surface area contributed by atoms with Crippen LogP contribution < -0.4 is 0 Å². The lowest BCUT2D eigenvalue weighted by Gasteiger charge is -2.11. The zero-order chi connectivity index (χ0) is 14.5. The third-order valence-corrected chi connectivity index (χ3v) is 3.23. The van der Waals surface area contributed by atoms with Crippen molar-refractivity contribution in [2.24, 2.45) is 13.0 Å². The van der Waals surface area contributed by atoms with Crippen molar-refractivity contribution in [3.63, 3.8) is 0 Å². The molecule has 5 heteroatoms. The van der Waals surface area contributed by atoms with E-state index in [2.05, 4.69) is 9.97 Å². The fraction of sp³-hybridized carbons (Fsp3) is 0.400. The number of carbonyl (C=O) groups is 1. The fourth-order valence-corrected chi connectivity index (χ4v) is 2.09. The summed E-state index contributed by atoms with van der Waals surface area (Å²) in [5.41, 5.74) is 2.02. The standard InChI is InChI=1S/C15H19N3O2/c1-4-20-15(19)11(2)9-13-10-17-14(18(13)3)12-5-7-16-8-6-12/h5-8,10-11H,4,9H2,1-3H3. The topological polar surface area (TPSA) is 57.0 Å². The molecule has 0 aliphatic carbocycles. The van der Waals surface area contributed by atoms with Gasteiger partial charge in [-0.05, 0) is 19.1 Å². The first-order valence-corrected chi connectivity index (χ1v) is 6.71. The van der Waals surface area contributed by atoms with Crippen LogP contribution in [-0.4, -0.2) is 27.1 Å². The second kappa shape index (κ2) is 6.32. The van der Waals surface area contributed by atoms with Gasteiger partial charge in [0, 0.05) is 43.3 Å². The Labute approximate surface area is 118 Å². The number of pyridine rings is 1. The van der Waals surface area contributed by atoms with Crippen LogP contribution in [0.2, 0.25) is 0 Å². The summed E-state index contributed by atoms with van der Waals surface area (Å²) in [6.45, 7) is 4.10. The van der Waals surface area contributed by atoms with Crippen molar-refractivity contribution in [3.8, 4) is 11.4 Å². The maximum atomic E-state index is 11.7. The predicted octanol–water partition coefficient (Wildman–Crippen LogP) is 2.22. The van der Waals surface area contributed by atoms with Gasteiger partial charge in [0.25, 0.3) is 0 Å². The maximum Gasteiger partial charge on any atom is 0.309 e. The average Bonchev–Trinajstić information content (AvgIpc) is 2.81. The molecule has 0 amide bonds. The maximum absolute atomic E-state index is 11.7. The summed E-state index contributed by atoms with van der Waals surface area (Å²) in [5, 5.41) is 0. The minimum Gasteiger partial charge on any atom is -0.466 e. The number of nitrogens with zero attached hydrogens (tertiary/aromatic N) is 3. The van der Waals surface area contributed by atoms with Crippen LogP contribution in [0.25, 0.3) is 11.4 Å². The zero-order valence-corrected chi connectivity index (χ0v) is 12.0. The van der Waals surface area contributed by atoms with E-state index in [-0.39, 0.29) is 11.9 Å². The Morgan fingerprint density at radius 2 is 2.10 bits per heavy atom. The SMILES string of the molecule is CCOC(=O)C(C)Cc1cnc(-c2ccncc2)n1C. The third kappa shape index (κ3) is 3.04. The number of carbonyl (C=O) groups excluding carboxylic acids is 1. The quantitative estimate of drug-likeness (QED) is 0.784. The molecule has 2 rings (SSSR count). The molecule has 0 aromatic carbocycles. The highest BCUT2D eigenvalue weighted by atomic mass is 16.5. The largest absolute Gasteiger partial charge is 0.466 e. The molecule has 0 N–H and O–H groups in total. The van der Waals surface area contributed by atoms with E-state index in [1.54, 1.807) is 12.4 Å². The molecular weight excluding hydrogens is 254 g/mol. The van der Waals surface area contributed by atoms with Crippen LogP contribution in [0.5, 0.6) is 0 Å². The van der Waals surface area contributed by atoms with Crippen LogP contribution in [0.1, 0.15) is 19.5 Å². The lowest BCUT2D eigenvalue weighted by Crippen LogP contribution is -2.18. The van der Waals surface area contributed by atoms with Gasteiger partial charge in [-0.15, -0.1) is 0 Å². The Morgan fingerprint density at radius 3 is 2.75 bits per heavy atom. The number of aromatic nitrogens is 3. The molecule has 0 aliphatic rings. The molecule has 0 fully saturated rings. The second-order valence-corrected chi connectivity index (χ2v) is 4.73. The van der Waals surface area contributed by atoms with Crippen LogP contribution >= 0.6 is 0 Å². The van der Waals surface area contributed by atoms with Crippen LogP contribution in [0, 0.1) is 5.92 Å². The average molecular weight is 273 g/mol. The second-order valence-electron chi connectivity index (χ2n) is 4.73. The summed E-state index contributed by atoms with van der Waals surface area (Å²) >= 11 is 0. The zero-order valence-electron chi connectivity index (χ0n) is 12.0. The third-order valence-electron chi connectivity index (χ3n) is 3.23. The Morgan fingerprint density at radius 1 is 1.40 bits per heavy atom. The fourth-order valence-electron chi connectivity index (χ4n) is 2.09. The van der Waals surface area contributed by atoms with Crippen molar-refractivity contribution in [2.75, 3.05) is 6.61 Å². The smallest absolute Gasteiger partial charge is 0.309 e. The molecule has 2 aromatic heterocycles. The van der Waals surface area contributed by atoms with Gasteiger partial charge in [-0.25, -0.2) is 4.98 Å². The van der Waals surface area contributed by atoms with E-state index in [1.165, 1.54) is 0 Å². The summed E-state index contributed by atoms with van der Waals surface area (Å²) in [5.74, 6) is 0.535. The summed E-state index contributed by atoms with van der Waals surface area (Å²) in [6, 6.07) is 3.84. The molecule has 0 aliphatic heterocycles. The van der Waals surface area contributed by atoms with Crippen molar-refractivity contribution in [1.82, 2.24) is 14.5 Å². The van der Waals surface area contributed by atoms with Crippen molar-refractivity contribution in [2.45, 2.75) is 20.3 Å². The number of ether oxygens (including phenoxy) is 1. The summed E-state index contributed by atoms with van der Waals surface area (Å²) < 4.78 is 7.04. The summed E-state index contributed by atoms with van der Waals surface area (Å²) in [6.07, 6.45) is 5.91. The van der Waals surface area contributed by atoms with Crippen molar-refractivity contribution >= 4 is 5.97 Å². The van der Waals surface area contributed by atoms with E-state index in [0.717, 1.165) is 17.1 Å². The minimum atomic E-state index is -0.171. The minimum absolute atomic E-state index is 0.167. The van der Waals surface area contributed by atoms with Gasteiger partial charge >= 0.3 is 5.97 Å². The highest BCUT2D eigenvalue weighted by Gasteiger charge is 2.17. The number of rotatable bonds is 5. The molecule has 1 atom stereocenters. The van der Waals surface area contributed by atoms with Gasteiger partial charge < -0.3 is 9.30 Å². The van der Waals surface area contributed by atoms with Crippen molar-refractivity contribution < 1.29 is 9.53 Å². The lowest BCUT2D eigenvalue weighted by molar-refractivity contribution is -0.147. The molecule has 0 spiro atoms. The molecule has 1 unspecified atom stereocenters. The van der Waals surface area contributed by atoms with E-state index >= 15 is 0 Å². The first kappa shape index (κ1) is 14.2. The van der Waals surface area contributed by atoms with Gasteiger partial charge in [-0.1, -0.05) is 6.92 Å². The molecule has 0 saturated carbocycles. The molecule has 0 radical (unpaired) electrons. The number of imidazole rings is 1. The number of esters is 1. The number of hydrogen-bond donors (Lipinski definition) is 0. The number of hydrogen-bond acceptors (Lipinski definition) is 4. The molecule has 2 heterocycles. The molecule has 0 saturated heterocycles. The van der Waals surface area contributed by atoms with Gasteiger partial charge in [0.05, 0.1) is 12.5 Å². The van der Waals surface area contributed by atoms with Gasteiger partial charge in [-0.2, -0.15) is 0 Å². The van der Waals surface area contributed by atoms with Gasteiger partial charge in [0.2, 0.25) is 0 Å². The summed E-state index contributed by atoms with van der Waals surface area (Å²) in [4.78, 5) is 20.1. The van der Waals surface area contributed by atoms with E-state index in [9.17, 15) is 4.79 Å². The molecule has 106 valence electrons. The Hall–Kier alpha value is -2.17. The lowest BCUT2D eigenvalue weighted by atomic mass is 10.1. The van der Waals surface area contributed by atoms with E-state index in [1.807, 2.05) is 43.8 Å². The highest BCUT2D eigenvalue weighted by Crippen LogP contribution is 2.19. The van der Waals surface area contributed by atoms with Crippen LogP contribution in [0.15, 0.2) is 30.7 Å². The van der Waals surface area contributed by atoms with Crippen LogP contribution in [-0.2, 0) is 23.0 Å². The molecule has 0 bridgehead atoms. The monoisotopic (exact) mass is 273 g/mol. The Balaban J connectivity index is 2.16. The summed E-state index contributed by atoms with van der Waals surface area (Å²) in [7, 11) is 1.95. The van der Waals surface area contributed by atoms with Gasteiger partial charge in [0.15, 0.2) is 0 Å². The molecule has 2 aromatic rings. The molecule has 20 heavy (non-hydrogen) atoms. The van der Waals surface area contributed by atoms with E-state index in [4.69, 9.17) is 4.74 Å². The highest BCUT2D eigenvalue weighted by molar-refractivity contribution is 5.72. The van der Waals surface area contributed by atoms with Gasteiger partial charge in [-0.3, -0.25) is 9.78 Å². The van der Waals surface area contributed by atoms with E-state index in [0.29, 0.717) is 13.0 Å². The Bertz CT molecular complexity index is 578. The molecule has 5 nitrogen and oxygen atoms in total. The van der Waals surface area contributed by atoms with Crippen molar-refractivity contribution in [3.05, 3.63) is 36.4 Å². The first-order chi connectivity index (χ1) is 9.63. The van der Waals surface area contributed by atoms with Gasteiger partial charge in [0.1, 0.15) is 5.82 Å². The van der Waals surface area contributed by atoms with Crippen LogP contribution in [0.3, 0.4) is 0 Å². The predicted molar refractivity (Wildman–Crippen MR) is 75.9 cm³/mol. The van der Waals surface area contributed by atoms with E-state index < -0.39 is 0 Å². The Kier molecular flexibility index (Phi) is 4.50.